The van der Waals surface area contributed by atoms with Gasteiger partial charge in [0, 0.05) is 38.9 Å². The minimum absolute atomic E-state index is 0.0870. The Balaban J connectivity index is 1.01. The maximum Gasteiger partial charge on any atom is 0.0547 e. The SMILES string of the molecule is CC1(C)c2ccccc2-c2cccc(-c3ccc(N(c4ccc(-c5ccccc5)cc4)c4ccc(-c5cccc6c5c5ccccc5n6-c5ccccc5)cc4)cc3)c21. The van der Waals surface area contributed by atoms with Crippen LogP contribution in [0.2, 0.25) is 0 Å². The standard InChI is InChI=1S/C57H42N2/c1-57(2)52-24-11-9-19-49(52)50-23-13-22-48(56(50)57)42-31-37-46(38-32-42)58(44-33-27-40(28-34-44)39-15-5-3-6-16-39)45-35-29-41(30-36-45)47-21-14-26-54-55(47)51-20-10-12-25-53(51)59(54)43-17-7-4-8-18-43/h3-38H,1-2H3. The molecule has 59 heavy (non-hydrogen) atoms. The zero-order chi connectivity index (χ0) is 39.5. The summed E-state index contributed by atoms with van der Waals surface area (Å²) in [7, 11) is 0. The van der Waals surface area contributed by atoms with Crippen molar-refractivity contribution in [3.63, 3.8) is 0 Å². The molecule has 0 N–H and O–H groups in total. The first-order chi connectivity index (χ1) is 29.0. The lowest BCUT2D eigenvalue weighted by atomic mass is 9.79. The van der Waals surface area contributed by atoms with Gasteiger partial charge in [-0.2, -0.15) is 0 Å². The predicted octanol–water partition coefficient (Wildman–Crippen LogP) is 15.6. The molecule has 1 aromatic heterocycles. The lowest BCUT2D eigenvalue weighted by molar-refractivity contribution is 0.662. The molecule has 0 amide bonds. The molecule has 0 fully saturated rings. The van der Waals surface area contributed by atoms with Crippen LogP contribution < -0.4 is 4.90 Å². The fourth-order valence-corrected chi connectivity index (χ4v) is 9.66. The molecule has 9 aromatic carbocycles. The van der Waals surface area contributed by atoms with Gasteiger partial charge in [0.1, 0.15) is 0 Å². The number of fused-ring (bicyclic) bond motifs is 6. The first kappa shape index (κ1) is 34.8. The Labute approximate surface area is 345 Å². The second kappa shape index (κ2) is 13.9. The van der Waals surface area contributed by atoms with Crippen LogP contribution in [0.15, 0.2) is 218 Å². The van der Waals surface area contributed by atoms with E-state index in [-0.39, 0.29) is 5.41 Å². The number of anilines is 3. The van der Waals surface area contributed by atoms with Crippen molar-refractivity contribution in [1.82, 2.24) is 4.57 Å². The summed E-state index contributed by atoms with van der Waals surface area (Å²) in [5.41, 5.74) is 19.6. The zero-order valence-corrected chi connectivity index (χ0v) is 33.2. The molecule has 10 aromatic rings. The molecule has 1 aliphatic rings. The van der Waals surface area contributed by atoms with Gasteiger partial charge in [0.15, 0.2) is 0 Å². The molecule has 2 heteroatoms. The normalized spacial score (nSPS) is 12.7. The molecule has 2 nitrogen and oxygen atoms in total. The molecule has 0 bridgehead atoms. The number of rotatable bonds is 7. The van der Waals surface area contributed by atoms with E-state index in [2.05, 4.69) is 242 Å². The highest BCUT2D eigenvalue weighted by atomic mass is 15.1. The summed E-state index contributed by atoms with van der Waals surface area (Å²) >= 11 is 0. The van der Waals surface area contributed by atoms with Crippen LogP contribution in [-0.2, 0) is 5.41 Å². The lowest BCUT2D eigenvalue weighted by Gasteiger charge is -2.27. The number of hydrogen-bond donors (Lipinski definition) is 0. The summed E-state index contributed by atoms with van der Waals surface area (Å²) in [5, 5.41) is 2.52. The Morgan fingerprint density at radius 1 is 0.356 bits per heavy atom. The fraction of sp³-hybridized carbons (Fsp3) is 0.0526. The molecule has 0 aliphatic heterocycles. The molecule has 0 unspecified atom stereocenters. The molecule has 1 aliphatic carbocycles. The van der Waals surface area contributed by atoms with Crippen molar-refractivity contribution >= 4 is 38.9 Å². The van der Waals surface area contributed by atoms with Gasteiger partial charge in [-0.15, -0.1) is 0 Å². The van der Waals surface area contributed by atoms with Gasteiger partial charge in [0.25, 0.3) is 0 Å². The van der Waals surface area contributed by atoms with Gasteiger partial charge in [-0.3, -0.25) is 0 Å². The highest BCUT2D eigenvalue weighted by Gasteiger charge is 2.37. The third-order valence-electron chi connectivity index (χ3n) is 12.4. The van der Waals surface area contributed by atoms with Gasteiger partial charge < -0.3 is 9.47 Å². The molecule has 0 saturated carbocycles. The van der Waals surface area contributed by atoms with Crippen LogP contribution in [0.25, 0.3) is 72.0 Å². The number of hydrogen-bond acceptors (Lipinski definition) is 1. The van der Waals surface area contributed by atoms with Gasteiger partial charge >= 0.3 is 0 Å². The highest BCUT2D eigenvalue weighted by Crippen LogP contribution is 2.52. The predicted molar refractivity (Wildman–Crippen MR) is 249 cm³/mol. The third kappa shape index (κ3) is 5.71. The Hall–Kier alpha value is -7.42. The van der Waals surface area contributed by atoms with Gasteiger partial charge in [0.05, 0.1) is 11.0 Å². The molecule has 0 atom stereocenters. The van der Waals surface area contributed by atoms with Crippen LogP contribution >= 0.6 is 0 Å². The van der Waals surface area contributed by atoms with Crippen molar-refractivity contribution in [2.24, 2.45) is 0 Å². The molecule has 0 spiro atoms. The van der Waals surface area contributed by atoms with E-state index in [1.165, 1.54) is 77.4 Å². The Morgan fingerprint density at radius 3 is 1.53 bits per heavy atom. The summed E-state index contributed by atoms with van der Waals surface area (Å²) in [6.45, 7) is 4.73. The van der Waals surface area contributed by atoms with Crippen molar-refractivity contribution in [3.05, 3.63) is 230 Å². The highest BCUT2D eigenvalue weighted by molar-refractivity contribution is 6.15. The summed E-state index contributed by atoms with van der Waals surface area (Å²) < 4.78 is 2.39. The maximum atomic E-state index is 2.39. The third-order valence-corrected chi connectivity index (χ3v) is 12.4. The van der Waals surface area contributed by atoms with Gasteiger partial charge in [-0.25, -0.2) is 0 Å². The minimum atomic E-state index is -0.0870. The van der Waals surface area contributed by atoms with Crippen molar-refractivity contribution in [3.8, 4) is 50.2 Å². The molecular formula is C57H42N2. The first-order valence-corrected chi connectivity index (χ1v) is 20.5. The second-order valence-corrected chi connectivity index (χ2v) is 16.1. The molecule has 0 saturated heterocycles. The number of para-hydroxylation sites is 2. The summed E-state index contributed by atoms with van der Waals surface area (Å²) in [4.78, 5) is 2.37. The van der Waals surface area contributed by atoms with Crippen molar-refractivity contribution in [2.75, 3.05) is 4.90 Å². The monoisotopic (exact) mass is 754 g/mol. The van der Waals surface area contributed by atoms with E-state index >= 15 is 0 Å². The van der Waals surface area contributed by atoms with Crippen LogP contribution in [0.1, 0.15) is 25.0 Å². The van der Waals surface area contributed by atoms with Crippen molar-refractivity contribution in [2.45, 2.75) is 19.3 Å². The molecule has 280 valence electrons. The number of benzene rings is 9. The topological polar surface area (TPSA) is 8.17 Å². The largest absolute Gasteiger partial charge is 0.311 e. The van der Waals surface area contributed by atoms with Crippen LogP contribution in [0.4, 0.5) is 17.1 Å². The van der Waals surface area contributed by atoms with E-state index < -0.39 is 0 Å². The quantitative estimate of drug-likeness (QED) is 0.157. The lowest BCUT2D eigenvalue weighted by Crippen LogP contribution is -2.16. The van der Waals surface area contributed by atoms with E-state index in [1.54, 1.807) is 0 Å². The Kier molecular flexibility index (Phi) is 8.20. The molecule has 0 radical (unpaired) electrons. The summed E-state index contributed by atoms with van der Waals surface area (Å²) in [5.74, 6) is 0. The van der Waals surface area contributed by atoms with Gasteiger partial charge in [-0.1, -0.05) is 172 Å². The van der Waals surface area contributed by atoms with E-state index in [1.807, 2.05) is 0 Å². The van der Waals surface area contributed by atoms with E-state index in [0.717, 1.165) is 22.7 Å². The Morgan fingerprint density at radius 2 is 0.831 bits per heavy atom. The van der Waals surface area contributed by atoms with Crippen LogP contribution in [0.3, 0.4) is 0 Å². The number of nitrogens with zero attached hydrogens (tertiary/aromatic N) is 2. The van der Waals surface area contributed by atoms with E-state index in [4.69, 9.17) is 0 Å². The first-order valence-electron chi connectivity index (χ1n) is 20.5. The smallest absolute Gasteiger partial charge is 0.0547 e. The summed E-state index contributed by atoms with van der Waals surface area (Å²) in [6, 6.07) is 79.6. The van der Waals surface area contributed by atoms with Crippen molar-refractivity contribution in [1.29, 1.82) is 0 Å². The minimum Gasteiger partial charge on any atom is -0.311 e. The van der Waals surface area contributed by atoms with E-state index in [0.29, 0.717) is 0 Å². The van der Waals surface area contributed by atoms with Crippen LogP contribution in [-0.4, -0.2) is 4.57 Å². The summed E-state index contributed by atoms with van der Waals surface area (Å²) in [6.07, 6.45) is 0. The average molecular weight is 755 g/mol. The fourth-order valence-electron chi connectivity index (χ4n) is 9.66. The van der Waals surface area contributed by atoms with Crippen molar-refractivity contribution < 1.29 is 0 Å². The average Bonchev–Trinajstić information content (AvgIpc) is 3.76. The van der Waals surface area contributed by atoms with Gasteiger partial charge in [0.2, 0.25) is 0 Å². The van der Waals surface area contributed by atoms with Gasteiger partial charge in [-0.05, 0) is 116 Å². The maximum absolute atomic E-state index is 2.39. The van der Waals surface area contributed by atoms with Crippen LogP contribution in [0, 0.1) is 0 Å². The zero-order valence-electron chi connectivity index (χ0n) is 33.2. The number of aromatic nitrogens is 1. The van der Waals surface area contributed by atoms with E-state index in [9.17, 15) is 0 Å². The van der Waals surface area contributed by atoms with Crippen LogP contribution in [0.5, 0.6) is 0 Å². The second-order valence-electron chi connectivity index (χ2n) is 16.1. The Bertz CT molecular complexity index is 3140. The molecule has 11 rings (SSSR count). The molecule has 1 heterocycles. The molecular weight excluding hydrogens is 713 g/mol.